The summed E-state index contributed by atoms with van der Waals surface area (Å²) in [6, 6.07) is 10.9. The molecule has 0 saturated heterocycles. The molecule has 1 heterocycles. The second kappa shape index (κ2) is 7.66. The first-order valence-electron chi connectivity index (χ1n) is 6.55. The van der Waals surface area contributed by atoms with Crippen molar-refractivity contribution in [3.05, 3.63) is 52.2 Å². The molecule has 0 aliphatic carbocycles. The van der Waals surface area contributed by atoms with Gasteiger partial charge in [-0.1, -0.05) is 18.2 Å². The van der Waals surface area contributed by atoms with Crippen molar-refractivity contribution in [1.82, 2.24) is 10.6 Å². The molecular formula is C15H18N2O3S. The molecule has 0 spiro atoms. The number of ether oxygens (including phenoxy) is 1. The van der Waals surface area contributed by atoms with E-state index in [-0.39, 0.29) is 12.6 Å². The van der Waals surface area contributed by atoms with Crippen LogP contribution >= 0.6 is 11.3 Å². The number of benzene rings is 1. The lowest BCUT2D eigenvalue weighted by molar-refractivity contribution is 0.176. The molecular weight excluding hydrogens is 288 g/mol. The number of carbonyl (C=O) groups is 1. The fourth-order valence-electron chi connectivity index (χ4n) is 1.76. The maximum atomic E-state index is 11.7. The predicted molar refractivity (Wildman–Crippen MR) is 82.5 cm³/mol. The van der Waals surface area contributed by atoms with Crippen LogP contribution in [0.1, 0.15) is 16.5 Å². The number of urea groups is 1. The monoisotopic (exact) mass is 306 g/mol. The van der Waals surface area contributed by atoms with E-state index in [2.05, 4.69) is 10.6 Å². The van der Waals surface area contributed by atoms with Crippen molar-refractivity contribution in [2.24, 2.45) is 0 Å². The van der Waals surface area contributed by atoms with Crippen molar-refractivity contribution in [2.75, 3.05) is 13.7 Å². The summed E-state index contributed by atoms with van der Waals surface area (Å²) in [7, 11) is 1.61. The number of amides is 2. The first-order valence-corrected chi connectivity index (χ1v) is 7.43. The maximum Gasteiger partial charge on any atom is 0.315 e. The van der Waals surface area contributed by atoms with E-state index in [1.165, 1.54) is 11.3 Å². The average Bonchev–Trinajstić information content (AvgIpc) is 3.05. The van der Waals surface area contributed by atoms with E-state index in [0.717, 1.165) is 16.2 Å². The minimum absolute atomic E-state index is 0.189. The summed E-state index contributed by atoms with van der Waals surface area (Å²) in [5.41, 5.74) is 0.977. The molecule has 2 amide bonds. The van der Waals surface area contributed by atoms with Crippen LogP contribution in [-0.4, -0.2) is 24.8 Å². The van der Waals surface area contributed by atoms with E-state index in [1.54, 1.807) is 7.11 Å². The summed E-state index contributed by atoms with van der Waals surface area (Å²) in [5, 5.41) is 17.1. The molecule has 0 bridgehead atoms. The average molecular weight is 306 g/mol. The number of nitrogens with one attached hydrogen (secondary N) is 2. The highest BCUT2D eigenvalue weighted by Gasteiger charge is 2.09. The molecule has 0 aliphatic heterocycles. The summed E-state index contributed by atoms with van der Waals surface area (Å²) in [5.74, 6) is 0.780. The SMILES string of the molecule is COc1ccc(CNC(=O)NC[C@H](O)c2cccs2)cc1. The Bertz CT molecular complexity index is 555. The third kappa shape index (κ3) is 4.77. The van der Waals surface area contributed by atoms with Crippen molar-refractivity contribution in [2.45, 2.75) is 12.6 Å². The summed E-state index contributed by atoms with van der Waals surface area (Å²) >= 11 is 1.46. The number of methoxy groups -OCH3 is 1. The molecule has 112 valence electrons. The number of aliphatic hydroxyl groups excluding tert-OH is 1. The molecule has 5 nitrogen and oxygen atoms in total. The third-order valence-corrected chi connectivity index (χ3v) is 3.91. The topological polar surface area (TPSA) is 70.6 Å². The van der Waals surface area contributed by atoms with Crippen LogP contribution in [-0.2, 0) is 6.54 Å². The van der Waals surface area contributed by atoms with Crippen LogP contribution in [0.3, 0.4) is 0 Å². The number of rotatable bonds is 6. The Labute approximate surface area is 127 Å². The summed E-state index contributed by atoms with van der Waals surface area (Å²) in [6.45, 7) is 0.611. The lowest BCUT2D eigenvalue weighted by Crippen LogP contribution is -2.37. The highest BCUT2D eigenvalue weighted by atomic mass is 32.1. The van der Waals surface area contributed by atoms with Gasteiger partial charge in [0.25, 0.3) is 0 Å². The summed E-state index contributed by atoms with van der Waals surface area (Å²) in [6.07, 6.45) is -0.670. The van der Waals surface area contributed by atoms with Gasteiger partial charge < -0.3 is 20.5 Å². The molecule has 2 aromatic rings. The smallest absolute Gasteiger partial charge is 0.315 e. The fraction of sp³-hybridized carbons (Fsp3) is 0.267. The van der Waals surface area contributed by atoms with Crippen molar-refractivity contribution in [3.63, 3.8) is 0 Å². The zero-order valence-corrected chi connectivity index (χ0v) is 12.5. The Kier molecular flexibility index (Phi) is 5.59. The maximum absolute atomic E-state index is 11.7. The third-order valence-electron chi connectivity index (χ3n) is 2.94. The van der Waals surface area contributed by atoms with Crippen molar-refractivity contribution < 1.29 is 14.6 Å². The van der Waals surface area contributed by atoms with Gasteiger partial charge in [-0.2, -0.15) is 0 Å². The van der Waals surface area contributed by atoms with Crippen LogP contribution in [0.15, 0.2) is 41.8 Å². The van der Waals surface area contributed by atoms with Crippen LogP contribution in [0, 0.1) is 0 Å². The van der Waals surface area contributed by atoms with Gasteiger partial charge in [-0.25, -0.2) is 4.79 Å². The lowest BCUT2D eigenvalue weighted by Gasteiger charge is -2.11. The largest absolute Gasteiger partial charge is 0.497 e. The van der Waals surface area contributed by atoms with Gasteiger partial charge in [0.2, 0.25) is 0 Å². The van der Waals surface area contributed by atoms with Crippen LogP contribution in [0.2, 0.25) is 0 Å². The molecule has 0 unspecified atom stereocenters. The molecule has 0 saturated carbocycles. The van der Waals surface area contributed by atoms with Crippen LogP contribution < -0.4 is 15.4 Å². The Morgan fingerprint density at radius 3 is 2.67 bits per heavy atom. The van der Waals surface area contributed by atoms with Gasteiger partial charge >= 0.3 is 6.03 Å². The van der Waals surface area contributed by atoms with E-state index >= 15 is 0 Å². The van der Waals surface area contributed by atoms with Gasteiger partial charge in [-0.05, 0) is 29.1 Å². The number of hydrogen-bond donors (Lipinski definition) is 3. The second-order valence-corrected chi connectivity index (χ2v) is 5.42. The van der Waals surface area contributed by atoms with Gasteiger partial charge in [0.05, 0.1) is 13.7 Å². The van der Waals surface area contributed by atoms with E-state index in [4.69, 9.17) is 4.74 Å². The van der Waals surface area contributed by atoms with E-state index in [0.29, 0.717) is 6.54 Å². The van der Waals surface area contributed by atoms with E-state index in [1.807, 2.05) is 41.8 Å². The van der Waals surface area contributed by atoms with E-state index < -0.39 is 6.10 Å². The number of hydrogen-bond acceptors (Lipinski definition) is 4. The molecule has 1 atom stereocenters. The number of thiophene rings is 1. The minimum Gasteiger partial charge on any atom is -0.497 e. The Hall–Kier alpha value is -2.05. The molecule has 2 rings (SSSR count). The molecule has 0 fully saturated rings. The fourth-order valence-corrected chi connectivity index (χ4v) is 2.47. The second-order valence-electron chi connectivity index (χ2n) is 4.44. The molecule has 1 aromatic heterocycles. The normalized spacial score (nSPS) is 11.7. The van der Waals surface area contributed by atoms with Crippen LogP contribution in [0.25, 0.3) is 0 Å². The zero-order chi connectivity index (χ0) is 15.1. The van der Waals surface area contributed by atoms with Crippen molar-refractivity contribution in [3.8, 4) is 5.75 Å². The van der Waals surface area contributed by atoms with Gasteiger partial charge in [0.15, 0.2) is 0 Å². The van der Waals surface area contributed by atoms with Gasteiger partial charge in [-0.15, -0.1) is 11.3 Å². The summed E-state index contributed by atoms with van der Waals surface area (Å²) in [4.78, 5) is 12.5. The number of aliphatic hydroxyl groups is 1. The zero-order valence-electron chi connectivity index (χ0n) is 11.7. The molecule has 0 radical (unpaired) electrons. The van der Waals surface area contributed by atoms with Gasteiger partial charge in [-0.3, -0.25) is 0 Å². The van der Waals surface area contributed by atoms with Gasteiger partial charge in [0, 0.05) is 11.4 Å². The highest BCUT2D eigenvalue weighted by Crippen LogP contribution is 2.17. The van der Waals surface area contributed by atoms with Gasteiger partial charge in [0.1, 0.15) is 11.9 Å². The number of carbonyl (C=O) groups excluding carboxylic acids is 1. The summed E-state index contributed by atoms with van der Waals surface area (Å²) < 4.78 is 5.07. The van der Waals surface area contributed by atoms with Crippen molar-refractivity contribution >= 4 is 17.4 Å². The Morgan fingerprint density at radius 1 is 1.29 bits per heavy atom. The highest BCUT2D eigenvalue weighted by molar-refractivity contribution is 7.10. The van der Waals surface area contributed by atoms with Crippen molar-refractivity contribution in [1.29, 1.82) is 0 Å². The minimum atomic E-state index is -0.670. The predicted octanol–water partition coefficient (Wildman–Crippen LogP) is 2.29. The molecule has 21 heavy (non-hydrogen) atoms. The Morgan fingerprint density at radius 2 is 2.05 bits per heavy atom. The van der Waals surface area contributed by atoms with Crippen LogP contribution in [0.5, 0.6) is 5.75 Å². The standard InChI is InChI=1S/C15H18N2O3S/c1-20-12-6-4-11(5-7-12)9-16-15(19)17-10-13(18)14-3-2-8-21-14/h2-8,13,18H,9-10H2,1H3,(H2,16,17,19)/t13-/m0/s1. The quantitative estimate of drug-likeness (QED) is 0.767. The molecule has 6 heteroatoms. The first-order chi connectivity index (χ1) is 10.2. The molecule has 3 N–H and O–H groups in total. The molecule has 1 aromatic carbocycles. The van der Waals surface area contributed by atoms with E-state index in [9.17, 15) is 9.90 Å². The lowest BCUT2D eigenvalue weighted by atomic mass is 10.2. The first kappa shape index (κ1) is 15.3. The Balaban J connectivity index is 1.71. The molecule has 0 aliphatic rings. The van der Waals surface area contributed by atoms with Crippen LogP contribution in [0.4, 0.5) is 4.79 Å².